The Labute approximate surface area is 126 Å². The van der Waals surface area contributed by atoms with Crippen LogP contribution in [-0.2, 0) is 10.8 Å². The van der Waals surface area contributed by atoms with Gasteiger partial charge in [0.05, 0.1) is 5.02 Å². The Balaban J connectivity index is 2.97. The summed E-state index contributed by atoms with van der Waals surface area (Å²) in [6.07, 6.45) is 0. The van der Waals surface area contributed by atoms with Crippen molar-refractivity contribution in [1.29, 1.82) is 0 Å². The predicted octanol–water partition coefficient (Wildman–Crippen LogP) is 6.23. The van der Waals surface area contributed by atoms with E-state index in [1.165, 1.54) is 17.2 Å². The molecule has 0 saturated heterocycles. The summed E-state index contributed by atoms with van der Waals surface area (Å²) >= 11 is 6.14. The lowest BCUT2D eigenvalue weighted by Crippen LogP contribution is -2.22. The molecular weight excluding hydrogens is 271 g/mol. The van der Waals surface area contributed by atoms with Gasteiger partial charge in [0.15, 0.2) is 0 Å². The Morgan fingerprint density at radius 2 is 1.35 bits per heavy atom. The minimum Gasteiger partial charge on any atom is -0.205 e. The highest BCUT2D eigenvalue weighted by Gasteiger charge is 2.27. The number of fused-ring (bicyclic) bond motifs is 1. The van der Waals surface area contributed by atoms with Crippen molar-refractivity contribution in [3.63, 3.8) is 0 Å². The average molecular weight is 293 g/mol. The van der Waals surface area contributed by atoms with Crippen LogP contribution in [-0.4, -0.2) is 0 Å². The molecule has 0 aliphatic heterocycles. The van der Waals surface area contributed by atoms with Crippen LogP contribution in [0.15, 0.2) is 24.3 Å². The largest absolute Gasteiger partial charge is 0.205 e. The summed E-state index contributed by atoms with van der Waals surface area (Å²) in [4.78, 5) is 0. The van der Waals surface area contributed by atoms with Gasteiger partial charge >= 0.3 is 0 Å². The lowest BCUT2D eigenvalue weighted by molar-refractivity contribution is 0.534. The second kappa shape index (κ2) is 4.73. The standard InChI is InChI=1S/C18H22ClF/c1-17(2,3)13-9-7-12-11(15(13)18(4,5)6)8-10-14(20)16(12)19/h7-10H,1-6H3. The van der Waals surface area contributed by atoms with Gasteiger partial charge in [0.1, 0.15) is 5.82 Å². The molecule has 0 radical (unpaired) electrons. The van der Waals surface area contributed by atoms with Gasteiger partial charge in [0.2, 0.25) is 0 Å². The van der Waals surface area contributed by atoms with Crippen LogP contribution < -0.4 is 0 Å². The molecule has 2 heteroatoms. The first-order valence-electron chi connectivity index (χ1n) is 6.95. The van der Waals surface area contributed by atoms with Crippen LogP contribution in [0.3, 0.4) is 0 Å². The minimum absolute atomic E-state index is 0.0245. The molecule has 0 spiro atoms. The fourth-order valence-corrected chi connectivity index (χ4v) is 3.00. The normalized spacial score (nSPS) is 13.0. The summed E-state index contributed by atoms with van der Waals surface area (Å²) in [7, 11) is 0. The zero-order valence-electron chi connectivity index (χ0n) is 13.1. The highest BCUT2D eigenvalue weighted by molar-refractivity contribution is 6.35. The number of hydrogen-bond donors (Lipinski definition) is 0. The van der Waals surface area contributed by atoms with Gasteiger partial charge in [-0.3, -0.25) is 0 Å². The topological polar surface area (TPSA) is 0 Å². The molecule has 0 unspecified atom stereocenters. The number of hydrogen-bond acceptors (Lipinski definition) is 0. The molecule has 0 atom stereocenters. The summed E-state index contributed by atoms with van der Waals surface area (Å²) in [5, 5.41) is 2.06. The Morgan fingerprint density at radius 3 is 1.85 bits per heavy atom. The lowest BCUT2D eigenvalue weighted by Gasteiger charge is -2.31. The monoisotopic (exact) mass is 292 g/mol. The maximum Gasteiger partial charge on any atom is 0.142 e. The zero-order valence-corrected chi connectivity index (χ0v) is 13.8. The van der Waals surface area contributed by atoms with E-state index < -0.39 is 0 Å². The van der Waals surface area contributed by atoms with Crippen molar-refractivity contribution in [2.75, 3.05) is 0 Å². The summed E-state index contributed by atoms with van der Waals surface area (Å²) in [6.45, 7) is 13.2. The van der Waals surface area contributed by atoms with E-state index in [0.717, 1.165) is 10.8 Å². The van der Waals surface area contributed by atoms with Crippen molar-refractivity contribution in [3.05, 3.63) is 46.2 Å². The minimum atomic E-state index is -0.359. The summed E-state index contributed by atoms with van der Waals surface area (Å²) in [5.41, 5.74) is 2.56. The maximum atomic E-state index is 13.7. The van der Waals surface area contributed by atoms with Crippen LogP contribution in [0.4, 0.5) is 4.39 Å². The van der Waals surface area contributed by atoms with E-state index in [0.29, 0.717) is 0 Å². The second-order valence-corrected chi connectivity index (χ2v) is 7.82. The average Bonchev–Trinajstić information content (AvgIpc) is 2.30. The first-order chi connectivity index (χ1) is 9.03. The molecule has 2 aromatic carbocycles. The van der Waals surface area contributed by atoms with E-state index in [1.807, 2.05) is 12.1 Å². The summed E-state index contributed by atoms with van der Waals surface area (Å²) < 4.78 is 13.7. The fourth-order valence-electron chi connectivity index (χ4n) is 2.78. The van der Waals surface area contributed by atoms with Crippen LogP contribution in [0.1, 0.15) is 52.7 Å². The SMILES string of the molecule is CC(C)(C)c1ccc2c(Cl)c(F)ccc2c1C(C)(C)C. The van der Waals surface area contributed by atoms with E-state index in [9.17, 15) is 4.39 Å². The molecule has 108 valence electrons. The molecule has 0 aliphatic carbocycles. The van der Waals surface area contributed by atoms with E-state index >= 15 is 0 Å². The predicted molar refractivity (Wildman–Crippen MR) is 86.3 cm³/mol. The lowest BCUT2D eigenvalue weighted by atomic mass is 9.73. The number of benzene rings is 2. The first-order valence-corrected chi connectivity index (χ1v) is 7.33. The van der Waals surface area contributed by atoms with Crippen molar-refractivity contribution in [3.8, 4) is 0 Å². The van der Waals surface area contributed by atoms with E-state index in [2.05, 4.69) is 47.6 Å². The maximum absolute atomic E-state index is 13.7. The van der Waals surface area contributed by atoms with Crippen LogP contribution in [0, 0.1) is 5.82 Å². The summed E-state index contributed by atoms with van der Waals surface area (Å²) in [6, 6.07) is 7.35. The van der Waals surface area contributed by atoms with Crippen LogP contribution in [0.5, 0.6) is 0 Å². The van der Waals surface area contributed by atoms with Crippen LogP contribution >= 0.6 is 11.6 Å². The van der Waals surface area contributed by atoms with Gasteiger partial charge in [0.25, 0.3) is 0 Å². The Hall–Kier alpha value is -1.08. The molecule has 2 aromatic rings. The van der Waals surface area contributed by atoms with E-state index in [1.54, 1.807) is 0 Å². The van der Waals surface area contributed by atoms with Crippen molar-refractivity contribution in [2.24, 2.45) is 0 Å². The second-order valence-electron chi connectivity index (χ2n) is 7.44. The molecule has 0 heterocycles. The molecule has 0 bridgehead atoms. The van der Waals surface area contributed by atoms with E-state index in [-0.39, 0.29) is 21.7 Å². The zero-order chi connectivity index (χ0) is 15.3. The molecule has 0 nitrogen and oxygen atoms in total. The smallest absolute Gasteiger partial charge is 0.142 e. The van der Waals surface area contributed by atoms with Crippen LogP contribution in [0.2, 0.25) is 5.02 Å². The van der Waals surface area contributed by atoms with Gasteiger partial charge < -0.3 is 0 Å². The third kappa shape index (κ3) is 2.56. The van der Waals surface area contributed by atoms with Crippen LogP contribution in [0.25, 0.3) is 10.8 Å². The summed E-state index contributed by atoms with van der Waals surface area (Å²) in [5.74, 6) is -0.359. The van der Waals surface area contributed by atoms with Crippen molar-refractivity contribution < 1.29 is 4.39 Å². The van der Waals surface area contributed by atoms with Gasteiger partial charge in [-0.1, -0.05) is 71.3 Å². The Bertz CT molecular complexity index is 658. The third-order valence-corrected chi connectivity index (χ3v) is 4.03. The molecule has 20 heavy (non-hydrogen) atoms. The van der Waals surface area contributed by atoms with Gasteiger partial charge in [-0.2, -0.15) is 0 Å². The number of rotatable bonds is 0. The Morgan fingerprint density at radius 1 is 0.800 bits per heavy atom. The molecule has 0 amide bonds. The highest BCUT2D eigenvalue weighted by atomic mass is 35.5. The molecular formula is C18H22ClF. The van der Waals surface area contributed by atoms with Crippen molar-refractivity contribution in [2.45, 2.75) is 52.4 Å². The van der Waals surface area contributed by atoms with Gasteiger partial charge in [-0.05, 0) is 33.4 Å². The quantitative estimate of drug-likeness (QED) is 0.540. The van der Waals surface area contributed by atoms with Gasteiger partial charge in [-0.25, -0.2) is 4.39 Å². The highest BCUT2D eigenvalue weighted by Crippen LogP contribution is 2.40. The van der Waals surface area contributed by atoms with Gasteiger partial charge in [0, 0.05) is 5.39 Å². The molecule has 0 fully saturated rings. The molecule has 0 saturated carbocycles. The molecule has 0 aliphatic rings. The molecule has 0 N–H and O–H groups in total. The third-order valence-electron chi connectivity index (χ3n) is 3.65. The van der Waals surface area contributed by atoms with Crippen molar-refractivity contribution >= 4 is 22.4 Å². The molecule has 0 aromatic heterocycles. The van der Waals surface area contributed by atoms with E-state index in [4.69, 9.17) is 11.6 Å². The Kier molecular flexibility index (Phi) is 3.62. The molecule has 2 rings (SSSR count). The number of halogens is 2. The first kappa shape index (κ1) is 15.3. The van der Waals surface area contributed by atoms with Crippen molar-refractivity contribution in [1.82, 2.24) is 0 Å². The van der Waals surface area contributed by atoms with Gasteiger partial charge in [-0.15, -0.1) is 0 Å². The fraction of sp³-hybridized carbons (Fsp3) is 0.444.